The largest absolute Gasteiger partial charge is 0.444 e. The first-order valence-electron chi connectivity index (χ1n) is 12.2. The summed E-state index contributed by atoms with van der Waals surface area (Å²) < 4.78 is 5.25. The van der Waals surface area contributed by atoms with Crippen LogP contribution in [0.3, 0.4) is 0 Å². The van der Waals surface area contributed by atoms with Crippen LogP contribution in [-0.2, 0) is 14.3 Å². The summed E-state index contributed by atoms with van der Waals surface area (Å²) in [6.45, 7) is 12.7. The number of carbonyl (C=O) groups excluding carboxylic acids is 3. The van der Waals surface area contributed by atoms with E-state index < -0.39 is 23.6 Å². The van der Waals surface area contributed by atoms with Crippen molar-refractivity contribution in [1.82, 2.24) is 10.2 Å². The van der Waals surface area contributed by atoms with E-state index in [0.29, 0.717) is 11.3 Å². The van der Waals surface area contributed by atoms with Crippen molar-refractivity contribution >= 4 is 34.4 Å². The van der Waals surface area contributed by atoms with Gasteiger partial charge >= 0.3 is 6.09 Å². The second-order valence-electron chi connectivity index (χ2n) is 10.0. The minimum absolute atomic E-state index is 0.109. The molecule has 0 saturated heterocycles. The Bertz CT molecular complexity index is 1310. The molecule has 7 heteroatoms. The van der Waals surface area contributed by atoms with Gasteiger partial charge in [-0.25, -0.2) is 4.79 Å². The zero-order chi connectivity index (χ0) is 27.2. The van der Waals surface area contributed by atoms with E-state index in [-0.39, 0.29) is 19.0 Å². The second kappa shape index (κ2) is 11.7. The molecule has 0 radical (unpaired) electrons. The monoisotopic (exact) mass is 501 g/mol. The maximum atomic E-state index is 13.8. The molecule has 37 heavy (non-hydrogen) atoms. The first-order valence-corrected chi connectivity index (χ1v) is 12.2. The molecule has 1 unspecified atom stereocenters. The molecule has 3 aromatic carbocycles. The fraction of sp³-hybridized carbons (Fsp3) is 0.300. The zero-order valence-corrected chi connectivity index (χ0v) is 22.1. The van der Waals surface area contributed by atoms with Gasteiger partial charge in [0.15, 0.2) is 0 Å². The summed E-state index contributed by atoms with van der Waals surface area (Å²) in [6.07, 6.45) is 0.855. The molecule has 0 aliphatic heterocycles. The first kappa shape index (κ1) is 27.5. The minimum atomic E-state index is -0.946. The lowest BCUT2D eigenvalue weighted by Gasteiger charge is -2.32. The van der Waals surface area contributed by atoms with E-state index >= 15 is 0 Å². The fourth-order valence-corrected chi connectivity index (χ4v) is 4.11. The van der Waals surface area contributed by atoms with E-state index in [2.05, 4.69) is 17.2 Å². The van der Waals surface area contributed by atoms with Crippen LogP contribution in [0.1, 0.15) is 43.5 Å². The Kier molecular flexibility index (Phi) is 8.71. The second-order valence-corrected chi connectivity index (χ2v) is 10.0. The van der Waals surface area contributed by atoms with Crippen LogP contribution < -0.4 is 10.6 Å². The Balaban J connectivity index is 1.93. The van der Waals surface area contributed by atoms with Crippen molar-refractivity contribution in [1.29, 1.82) is 0 Å². The van der Waals surface area contributed by atoms with Gasteiger partial charge in [-0.05, 0) is 68.7 Å². The summed E-state index contributed by atoms with van der Waals surface area (Å²) in [5.41, 5.74) is 2.53. The van der Waals surface area contributed by atoms with Crippen LogP contribution in [0.4, 0.5) is 10.5 Å². The average molecular weight is 502 g/mol. The van der Waals surface area contributed by atoms with Crippen LogP contribution in [0, 0.1) is 13.8 Å². The number of anilines is 1. The lowest BCUT2D eigenvalue weighted by molar-refractivity contribution is -0.137. The molecule has 194 valence electrons. The highest BCUT2D eigenvalue weighted by Crippen LogP contribution is 2.28. The number of rotatable bonds is 8. The van der Waals surface area contributed by atoms with Crippen molar-refractivity contribution in [3.8, 4) is 0 Å². The zero-order valence-electron chi connectivity index (χ0n) is 22.1. The molecular weight excluding hydrogens is 466 g/mol. The van der Waals surface area contributed by atoms with Crippen molar-refractivity contribution < 1.29 is 19.1 Å². The Morgan fingerprint density at radius 3 is 2.35 bits per heavy atom. The van der Waals surface area contributed by atoms with Gasteiger partial charge in [-0.1, -0.05) is 60.2 Å². The number of fused-ring (bicyclic) bond motifs is 1. The Labute approximate surface area is 218 Å². The number of hydrogen-bond donors (Lipinski definition) is 2. The number of nitrogens with one attached hydrogen (secondary N) is 2. The molecule has 0 heterocycles. The summed E-state index contributed by atoms with van der Waals surface area (Å²) in [7, 11) is 0. The number of ether oxygens (including phenoxy) is 1. The molecule has 0 aliphatic rings. The third kappa shape index (κ3) is 7.43. The number of nitrogens with zero attached hydrogens (tertiary/aromatic N) is 1. The summed E-state index contributed by atoms with van der Waals surface area (Å²) >= 11 is 0. The van der Waals surface area contributed by atoms with Crippen LogP contribution in [0.5, 0.6) is 0 Å². The number of hydrogen-bond acceptors (Lipinski definition) is 4. The third-order valence-corrected chi connectivity index (χ3v) is 5.73. The SMILES string of the molecule is C=CCN(C(=O)CNC(=O)OC(C)(C)C)C(C(=O)Nc1ccc2ccccc2c1)c1ccc(C)cc1C. The Hall–Kier alpha value is -4.13. The maximum Gasteiger partial charge on any atom is 0.408 e. The van der Waals surface area contributed by atoms with Gasteiger partial charge in [0.2, 0.25) is 5.91 Å². The predicted molar refractivity (Wildman–Crippen MR) is 147 cm³/mol. The maximum absolute atomic E-state index is 13.8. The van der Waals surface area contributed by atoms with Crippen molar-refractivity contribution in [3.05, 3.63) is 90.0 Å². The van der Waals surface area contributed by atoms with Crippen molar-refractivity contribution in [2.24, 2.45) is 0 Å². The molecule has 3 aromatic rings. The molecule has 3 rings (SSSR count). The van der Waals surface area contributed by atoms with Gasteiger partial charge in [-0.2, -0.15) is 0 Å². The fourth-order valence-electron chi connectivity index (χ4n) is 4.11. The van der Waals surface area contributed by atoms with Gasteiger partial charge in [0.05, 0.1) is 0 Å². The molecule has 0 aromatic heterocycles. The van der Waals surface area contributed by atoms with Crippen molar-refractivity contribution in [2.75, 3.05) is 18.4 Å². The highest BCUT2D eigenvalue weighted by atomic mass is 16.6. The smallest absolute Gasteiger partial charge is 0.408 e. The Morgan fingerprint density at radius 2 is 1.70 bits per heavy atom. The van der Waals surface area contributed by atoms with Crippen LogP contribution in [0.2, 0.25) is 0 Å². The van der Waals surface area contributed by atoms with E-state index in [0.717, 1.165) is 21.9 Å². The van der Waals surface area contributed by atoms with Gasteiger partial charge in [-0.15, -0.1) is 6.58 Å². The first-order chi connectivity index (χ1) is 17.5. The summed E-state index contributed by atoms with van der Waals surface area (Å²) in [5.74, 6) is -0.806. The highest BCUT2D eigenvalue weighted by Gasteiger charge is 2.32. The number of benzene rings is 3. The minimum Gasteiger partial charge on any atom is -0.444 e. The molecule has 0 bridgehead atoms. The van der Waals surface area contributed by atoms with Gasteiger partial charge in [0.25, 0.3) is 5.91 Å². The predicted octanol–water partition coefficient (Wildman–Crippen LogP) is 5.68. The van der Waals surface area contributed by atoms with E-state index in [1.165, 1.54) is 4.90 Å². The molecule has 0 aliphatic carbocycles. The van der Waals surface area contributed by atoms with Crippen LogP contribution >= 0.6 is 0 Å². The van der Waals surface area contributed by atoms with Gasteiger partial charge in [-0.3, -0.25) is 9.59 Å². The quantitative estimate of drug-likeness (QED) is 0.389. The van der Waals surface area contributed by atoms with Gasteiger partial charge in [0.1, 0.15) is 18.2 Å². The average Bonchev–Trinajstić information content (AvgIpc) is 2.82. The topological polar surface area (TPSA) is 87.7 Å². The summed E-state index contributed by atoms with van der Waals surface area (Å²) in [6, 6.07) is 18.3. The molecule has 0 saturated carbocycles. The molecule has 1 atom stereocenters. The normalized spacial score (nSPS) is 11.9. The molecular formula is C30H35N3O4. The number of alkyl carbamates (subject to hydrolysis) is 1. The van der Waals surface area contributed by atoms with Crippen LogP contribution in [-0.4, -0.2) is 41.5 Å². The van der Waals surface area contributed by atoms with Crippen molar-refractivity contribution in [3.63, 3.8) is 0 Å². The van der Waals surface area contributed by atoms with E-state index in [4.69, 9.17) is 4.74 Å². The number of amides is 3. The van der Waals surface area contributed by atoms with Crippen LogP contribution in [0.25, 0.3) is 10.8 Å². The lowest BCUT2D eigenvalue weighted by atomic mass is 9.96. The Morgan fingerprint density at radius 1 is 1.00 bits per heavy atom. The van der Waals surface area contributed by atoms with Gasteiger partial charge < -0.3 is 20.3 Å². The van der Waals surface area contributed by atoms with Crippen LogP contribution in [0.15, 0.2) is 73.3 Å². The van der Waals surface area contributed by atoms with E-state index in [1.54, 1.807) is 26.8 Å². The lowest BCUT2D eigenvalue weighted by Crippen LogP contribution is -2.46. The van der Waals surface area contributed by atoms with E-state index in [9.17, 15) is 14.4 Å². The van der Waals surface area contributed by atoms with Gasteiger partial charge in [0, 0.05) is 12.2 Å². The van der Waals surface area contributed by atoms with Crippen molar-refractivity contribution in [2.45, 2.75) is 46.3 Å². The summed E-state index contributed by atoms with van der Waals surface area (Å²) in [5, 5.41) is 7.53. The molecule has 3 amide bonds. The molecule has 7 nitrogen and oxygen atoms in total. The summed E-state index contributed by atoms with van der Waals surface area (Å²) in [4.78, 5) is 40.7. The van der Waals surface area contributed by atoms with E-state index in [1.807, 2.05) is 74.5 Å². The number of aryl methyl sites for hydroxylation is 2. The number of carbonyl (C=O) groups is 3. The molecule has 0 spiro atoms. The third-order valence-electron chi connectivity index (χ3n) is 5.73. The standard InChI is InChI=1S/C30H35N3O4/c1-7-16-33(26(34)19-31-29(36)37-30(4,5)6)27(25-15-12-20(2)17-21(25)3)28(35)32-24-14-13-22-10-8-9-11-23(22)18-24/h7-15,17-18,27H,1,16,19H2,2-6H3,(H,31,36)(H,32,35). The molecule has 0 fully saturated rings. The molecule has 2 N–H and O–H groups in total. The highest BCUT2D eigenvalue weighted by molar-refractivity contribution is 6.00.